The van der Waals surface area contributed by atoms with Crippen LogP contribution in [-0.2, 0) is 4.79 Å². The second-order valence-corrected chi connectivity index (χ2v) is 6.05. The van der Waals surface area contributed by atoms with Gasteiger partial charge in [-0.15, -0.1) is 0 Å². The molecule has 1 atom stereocenters. The summed E-state index contributed by atoms with van der Waals surface area (Å²) in [6, 6.07) is 0.0184. The van der Waals surface area contributed by atoms with Crippen molar-refractivity contribution in [2.24, 2.45) is 0 Å². The highest BCUT2D eigenvalue weighted by molar-refractivity contribution is 5.81. The summed E-state index contributed by atoms with van der Waals surface area (Å²) in [6.07, 6.45) is 8.37. The molecule has 1 amide bonds. The molecule has 0 radical (unpaired) electrons. The van der Waals surface area contributed by atoms with Crippen molar-refractivity contribution < 1.29 is 4.79 Å². The predicted molar refractivity (Wildman–Crippen MR) is 73.5 cm³/mol. The van der Waals surface area contributed by atoms with Crippen LogP contribution in [0.5, 0.6) is 0 Å². The lowest BCUT2D eigenvalue weighted by atomic mass is 9.95. The second-order valence-electron chi connectivity index (χ2n) is 6.05. The molecule has 1 saturated heterocycles. The topological polar surface area (TPSA) is 44.4 Å². The van der Waals surface area contributed by atoms with Crippen molar-refractivity contribution in [3.05, 3.63) is 0 Å². The summed E-state index contributed by atoms with van der Waals surface area (Å²) >= 11 is 0. The number of carbonyl (C=O) groups is 1. The van der Waals surface area contributed by atoms with Crippen LogP contribution in [0.1, 0.15) is 44.9 Å². The van der Waals surface area contributed by atoms with E-state index in [2.05, 4.69) is 29.6 Å². The van der Waals surface area contributed by atoms with Gasteiger partial charge in [0.1, 0.15) is 0 Å². The Labute approximate surface area is 110 Å². The fourth-order valence-electron chi connectivity index (χ4n) is 3.26. The van der Waals surface area contributed by atoms with Gasteiger partial charge < -0.3 is 15.5 Å². The van der Waals surface area contributed by atoms with Gasteiger partial charge in [-0.1, -0.05) is 12.8 Å². The first-order valence-corrected chi connectivity index (χ1v) is 7.33. The number of hydrogen-bond donors (Lipinski definition) is 2. The monoisotopic (exact) mass is 253 g/mol. The first kappa shape index (κ1) is 13.8. The average Bonchev–Trinajstić information content (AvgIpc) is 2.73. The third-order valence-corrected chi connectivity index (χ3v) is 4.70. The molecule has 2 fully saturated rings. The number of rotatable bonds is 4. The van der Waals surface area contributed by atoms with E-state index >= 15 is 0 Å². The summed E-state index contributed by atoms with van der Waals surface area (Å²) in [5.41, 5.74) is 0.270. The molecule has 1 heterocycles. The van der Waals surface area contributed by atoms with Crippen LogP contribution < -0.4 is 10.6 Å². The van der Waals surface area contributed by atoms with Crippen LogP contribution >= 0.6 is 0 Å². The van der Waals surface area contributed by atoms with Gasteiger partial charge >= 0.3 is 0 Å². The predicted octanol–water partition coefficient (Wildman–Crippen LogP) is 1.12. The molecule has 2 N–H and O–H groups in total. The Bertz CT molecular complexity index is 285. The minimum absolute atomic E-state index is 0.0184. The number of amides is 1. The highest BCUT2D eigenvalue weighted by Crippen LogP contribution is 2.33. The molecule has 0 aromatic carbocycles. The van der Waals surface area contributed by atoms with Gasteiger partial charge in [-0.2, -0.15) is 0 Å². The molecule has 4 nitrogen and oxygen atoms in total. The van der Waals surface area contributed by atoms with Crippen molar-refractivity contribution in [2.75, 3.05) is 27.2 Å². The first-order chi connectivity index (χ1) is 8.64. The zero-order valence-electron chi connectivity index (χ0n) is 11.8. The third-order valence-electron chi connectivity index (χ3n) is 4.70. The van der Waals surface area contributed by atoms with Crippen LogP contribution in [-0.4, -0.2) is 49.6 Å². The lowest BCUT2D eigenvalue weighted by Crippen LogP contribution is -2.54. The van der Waals surface area contributed by atoms with Gasteiger partial charge in [0.2, 0.25) is 5.91 Å². The Morgan fingerprint density at radius 3 is 2.67 bits per heavy atom. The minimum Gasteiger partial charge on any atom is -0.355 e. The molecule has 0 aromatic rings. The van der Waals surface area contributed by atoms with Crippen LogP contribution in [0.15, 0.2) is 0 Å². The Morgan fingerprint density at radius 1 is 1.28 bits per heavy atom. The highest BCUT2D eigenvalue weighted by atomic mass is 16.2. The molecule has 1 saturated carbocycles. The number of hydrogen-bond acceptors (Lipinski definition) is 3. The molecule has 1 aliphatic carbocycles. The molecule has 1 aliphatic heterocycles. The van der Waals surface area contributed by atoms with E-state index in [1.165, 1.54) is 25.7 Å². The van der Waals surface area contributed by atoms with Gasteiger partial charge in [0, 0.05) is 18.6 Å². The van der Waals surface area contributed by atoms with Crippen molar-refractivity contribution in [1.29, 1.82) is 0 Å². The minimum atomic E-state index is 0.0184. The van der Waals surface area contributed by atoms with Crippen molar-refractivity contribution >= 4 is 5.91 Å². The van der Waals surface area contributed by atoms with Gasteiger partial charge in [0.15, 0.2) is 0 Å². The van der Waals surface area contributed by atoms with Gasteiger partial charge in [0.25, 0.3) is 0 Å². The summed E-state index contributed by atoms with van der Waals surface area (Å²) in [5.74, 6) is 0.194. The number of nitrogens with one attached hydrogen (secondary N) is 2. The van der Waals surface area contributed by atoms with Gasteiger partial charge in [-0.25, -0.2) is 0 Å². The quantitative estimate of drug-likeness (QED) is 0.789. The summed E-state index contributed by atoms with van der Waals surface area (Å²) < 4.78 is 0. The van der Waals surface area contributed by atoms with Crippen LogP contribution in [0, 0.1) is 0 Å². The number of likely N-dealkylation sites (N-methyl/N-ethyl adjacent to an activating group) is 1. The summed E-state index contributed by atoms with van der Waals surface area (Å²) in [4.78, 5) is 14.3. The fourth-order valence-corrected chi connectivity index (χ4v) is 3.26. The number of carbonyl (C=O) groups excluding carboxylic acids is 1. The lowest BCUT2D eigenvalue weighted by molar-refractivity contribution is -0.123. The van der Waals surface area contributed by atoms with E-state index in [4.69, 9.17) is 0 Å². The van der Waals surface area contributed by atoms with Crippen molar-refractivity contribution in [1.82, 2.24) is 15.5 Å². The molecule has 0 spiro atoms. The standard InChI is InChI=1S/C14H27N3O/c1-17(2)14(8-4-5-9-14)11-16-12-7-3-6-10-15-13(12)18/h12,16H,3-11H2,1-2H3,(H,15,18). The maximum Gasteiger partial charge on any atom is 0.237 e. The van der Waals surface area contributed by atoms with E-state index in [0.717, 1.165) is 32.4 Å². The van der Waals surface area contributed by atoms with E-state index in [-0.39, 0.29) is 17.5 Å². The van der Waals surface area contributed by atoms with Crippen LogP contribution in [0.2, 0.25) is 0 Å². The highest BCUT2D eigenvalue weighted by Gasteiger charge is 2.36. The van der Waals surface area contributed by atoms with Crippen LogP contribution in [0.3, 0.4) is 0 Å². The largest absolute Gasteiger partial charge is 0.355 e. The lowest BCUT2D eigenvalue weighted by Gasteiger charge is -2.37. The Kier molecular flexibility index (Phi) is 4.62. The SMILES string of the molecule is CN(C)C1(CNC2CCCCNC2=O)CCCC1. The Hall–Kier alpha value is -0.610. The normalized spacial score (nSPS) is 28.2. The molecule has 4 heteroatoms. The van der Waals surface area contributed by atoms with Gasteiger partial charge in [-0.3, -0.25) is 4.79 Å². The zero-order valence-corrected chi connectivity index (χ0v) is 11.8. The molecule has 0 aromatic heterocycles. The van der Waals surface area contributed by atoms with E-state index in [1.54, 1.807) is 0 Å². The average molecular weight is 253 g/mol. The van der Waals surface area contributed by atoms with Gasteiger partial charge in [0.05, 0.1) is 6.04 Å². The summed E-state index contributed by atoms with van der Waals surface area (Å²) in [6.45, 7) is 1.79. The molecular formula is C14H27N3O. The molecule has 104 valence electrons. The van der Waals surface area contributed by atoms with Crippen molar-refractivity contribution in [2.45, 2.75) is 56.5 Å². The van der Waals surface area contributed by atoms with E-state index in [1.807, 2.05) is 0 Å². The van der Waals surface area contributed by atoms with Crippen molar-refractivity contribution in [3.63, 3.8) is 0 Å². The molecule has 18 heavy (non-hydrogen) atoms. The molecule has 2 aliphatic rings. The van der Waals surface area contributed by atoms with E-state index < -0.39 is 0 Å². The molecule has 2 rings (SSSR count). The molecule has 1 unspecified atom stereocenters. The first-order valence-electron chi connectivity index (χ1n) is 7.33. The summed E-state index contributed by atoms with van der Waals surface area (Å²) in [7, 11) is 4.33. The zero-order chi connectivity index (χ0) is 13.0. The maximum atomic E-state index is 11.9. The smallest absolute Gasteiger partial charge is 0.237 e. The molecular weight excluding hydrogens is 226 g/mol. The second kappa shape index (κ2) is 6.02. The number of nitrogens with zero attached hydrogens (tertiary/aromatic N) is 1. The van der Waals surface area contributed by atoms with Crippen LogP contribution in [0.4, 0.5) is 0 Å². The maximum absolute atomic E-state index is 11.9. The van der Waals surface area contributed by atoms with Gasteiger partial charge in [-0.05, 0) is 46.2 Å². The Morgan fingerprint density at radius 2 is 2.00 bits per heavy atom. The third kappa shape index (κ3) is 3.04. The van der Waals surface area contributed by atoms with E-state index in [9.17, 15) is 4.79 Å². The van der Waals surface area contributed by atoms with Crippen LogP contribution in [0.25, 0.3) is 0 Å². The fraction of sp³-hybridized carbons (Fsp3) is 0.929. The van der Waals surface area contributed by atoms with Crippen molar-refractivity contribution in [3.8, 4) is 0 Å². The summed E-state index contributed by atoms with van der Waals surface area (Å²) in [5, 5.41) is 6.52. The Balaban J connectivity index is 1.90. The molecule has 0 bridgehead atoms. The van der Waals surface area contributed by atoms with E-state index in [0.29, 0.717) is 0 Å².